The summed E-state index contributed by atoms with van der Waals surface area (Å²) in [6, 6.07) is 18.2. The van der Waals surface area contributed by atoms with Crippen molar-refractivity contribution in [3.05, 3.63) is 72.1 Å². The first-order valence-electron chi connectivity index (χ1n) is 10.2. The maximum absolute atomic E-state index is 6.29. The third-order valence-corrected chi connectivity index (χ3v) is 5.69. The third kappa shape index (κ3) is 3.44. The van der Waals surface area contributed by atoms with E-state index >= 15 is 0 Å². The van der Waals surface area contributed by atoms with Crippen LogP contribution in [0.4, 0.5) is 5.82 Å². The molecular weight excluding hydrogens is 396 g/mol. The summed E-state index contributed by atoms with van der Waals surface area (Å²) in [5.74, 6) is 0.946. The van der Waals surface area contributed by atoms with E-state index in [-0.39, 0.29) is 12.2 Å². The topological polar surface area (TPSA) is 43.2 Å². The zero-order valence-electron chi connectivity index (χ0n) is 17.0. The van der Waals surface area contributed by atoms with Gasteiger partial charge < -0.3 is 14.2 Å². The lowest BCUT2D eigenvalue weighted by Gasteiger charge is -2.36. The van der Waals surface area contributed by atoms with Crippen molar-refractivity contribution in [2.45, 2.75) is 26.1 Å². The van der Waals surface area contributed by atoms with Crippen LogP contribution in [0.25, 0.3) is 27.8 Å². The molecule has 0 amide bonds. The summed E-state index contributed by atoms with van der Waals surface area (Å²) >= 11 is 6.29. The van der Waals surface area contributed by atoms with E-state index in [2.05, 4.69) is 58.8 Å². The fourth-order valence-electron chi connectivity index (χ4n) is 4.30. The molecule has 0 bridgehead atoms. The number of nitrogens with zero attached hydrogens (tertiary/aromatic N) is 4. The van der Waals surface area contributed by atoms with Gasteiger partial charge in [0.05, 0.1) is 17.6 Å². The molecule has 1 saturated heterocycles. The average molecular weight is 419 g/mol. The number of aromatic nitrogens is 3. The molecule has 4 aromatic rings. The molecule has 0 unspecified atom stereocenters. The normalized spacial score (nSPS) is 19.4. The van der Waals surface area contributed by atoms with Gasteiger partial charge >= 0.3 is 0 Å². The average Bonchev–Trinajstić information content (AvgIpc) is 3.13. The molecule has 0 aliphatic carbocycles. The van der Waals surface area contributed by atoms with Crippen LogP contribution >= 0.6 is 11.6 Å². The lowest BCUT2D eigenvalue weighted by molar-refractivity contribution is -0.00537. The van der Waals surface area contributed by atoms with Crippen molar-refractivity contribution in [2.24, 2.45) is 0 Å². The van der Waals surface area contributed by atoms with E-state index in [0.29, 0.717) is 5.02 Å². The Kier molecular flexibility index (Phi) is 4.93. The number of halogens is 1. The second kappa shape index (κ2) is 7.74. The van der Waals surface area contributed by atoms with Crippen molar-refractivity contribution < 1.29 is 4.74 Å². The van der Waals surface area contributed by atoms with E-state index in [1.807, 2.05) is 30.3 Å². The summed E-state index contributed by atoms with van der Waals surface area (Å²) in [5.41, 5.74) is 4.08. The summed E-state index contributed by atoms with van der Waals surface area (Å²) in [4.78, 5) is 11.7. The predicted molar refractivity (Wildman–Crippen MR) is 122 cm³/mol. The summed E-state index contributed by atoms with van der Waals surface area (Å²) in [6.45, 7) is 5.81. The quantitative estimate of drug-likeness (QED) is 0.449. The van der Waals surface area contributed by atoms with E-state index in [1.165, 1.54) is 0 Å². The fourth-order valence-corrected chi connectivity index (χ4v) is 4.48. The minimum Gasteiger partial charge on any atom is -0.372 e. The molecule has 152 valence electrons. The molecule has 2 aromatic carbocycles. The van der Waals surface area contributed by atoms with E-state index in [0.717, 1.165) is 46.8 Å². The second-order valence-electron chi connectivity index (χ2n) is 7.82. The molecule has 1 fully saturated rings. The lowest BCUT2D eigenvalue weighted by Crippen LogP contribution is -2.46. The first-order chi connectivity index (χ1) is 14.6. The highest BCUT2D eigenvalue weighted by atomic mass is 35.5. The number of hydrogen-bond acceptors (Lipinski definition) is 4. The second-order valence-corrected chi connectivity index (χ2v) is 8.25. The number of benzene rings is 2. The summed E-state index contributed by atoms with van der Waals surface area (Å²) < 4.78 is 8.05. The smallest absolute Gasteiger partial charge is 0.150 e. The maximum atomic E-state index is 6.29. The fraction of sp³-hybridized carbons (Fsp3) is 0.250. The predicted octanol–water partition coefficient (Wildman–Crippen LogP) is 5.35. The highest BCUT2D eigenvalue weighted by molar-refractivity contribution is 6.30. The van der Waals surface area contributed by atoms with Gasteiger partial charge in [-0.15, -0.1) is 0 Å². The van der Waals surface area contributed by atoms with Gasteiger partial charge in [0.2, 0.25) is 0 Å². The van der Waals surface area contributed by atoms with Crippen LogP contribution in [0.2, 0.25) is 5.02 Å². The number of anilines is 1. The summed E-state index contributed by atoms with van der Waals surface area (Å²) in [7, 11) is 0. The Balaban J connectivity index is 1.76. The SMILES string of the molecule is C[C@@H]1CN(c2ncnc3c2c(-c2ccccc2)cn3-c2cccc(Cl)c2)C[C@H](C)O1. The van der Waals surface area contributed by atoms with Gasteiger partial charge in [0, 0.05) is 35.6 Å². The van der Waals surface area contributed by atoms with Crippen LogP contribution in [0, 0.1) is 0 Å². The number of ether oxygens (including phenoxy) is 1. The number of hydrogen-bond donors (Lipinski definition) is 0. The van der Waals surface area contributed by atoms with Crippen molar-refractivity contribution in [1.82, 2.24) is 14.5 Å². The summed E-state index contributed by atoms with van der Waals surface area (Å²) in [5, 5.41) is 1.74. The molecule has 2 aromatic heterocycles. The molecule has 0 N–H and O–H groups in total. The third-order valence-electron chi connectivity index (χ3n) is 5.45. The zero-order chi connectivity index (χ0) is 20.7. The molecule has 0 radical (unpaired) electrons. The van der Waals surface area contributed by atoms with Crippen LogP contribution in [0.5, 0.6) is 0 Å². The van der Waals surface area contributed by atoms with E-state index < -0.39 is 0 Å². The van der Waals surface area contributed by atoms with Crippen LogP contribution in [0.15, 0.2) is 67.1 Å². The van der Waals surface area contributed by atoms with Gasteiger partial charge in [-0.2, -0.15) is 0 Å². The Morgan fingerprint density at radius 3 is 2.47 bits per heavy atom. The Hall–Kier alpha value is -2.89. The largest absolute Gasteiger partial charge is 0.372 e. The minimum atomic E-state index is 0.147. The molecule has 5 rings (SSSR count). The van der Waals surface area contributed by atoms with Gasteiger partial charge in [0.1, 0.15) is 12.1 Å². The Morgan fingerprint density at radius 2 is 1.73 bits per heavy atom. The van der Waals surface area contributed by atoms with Gasteiger partial charge in [-0.25, -0.2) is 9.97 Å². The van der Waals surface area contributed by atoms with Crippen molar-refractivity contribution in [3.8, 4) is 16.8 Å². The minimum absolute atomic E-state index is 0.147. The lowest BCUT2D eigenvalue weighted by atomic mass is 10.1. The Labute approximate surface area is 180 Å². The molecule has 0 saturated carbocycles. The summed E-state index contributed by atoms with van der Waals surface area (Å²) in [6.07, 6.45) is 4.08. The first-order valence-corrected chi connectivity index (χ1v) is 10.6. The van der Waals surface area contributed by atoms with Gasteiger partial charge in [0.25, 0.3) is 0 Å². The highest BCUT2D eigenvalue weighted by Gasteiger charge is 2.27. The van der Waals surface area contributed by atoms with Crippen molar-refractivity contribution in [2.75, 3.05) is 18.0 Å². The van der Waals surface area contributed by atoms with E-state index in [4.69, 9.17) is 21.3 Å². The molecular formula is C24H23ClN4O. The number of rotatable bonds is 3. The first kappa shape index (κ1) is 19.1. The number of fused-ring (bicyclic) bond motifs is 1. The van der Waals surface area contributed by atoms with Crippen LogP contribution in [0.3, 0.4) is 0 Å². The molecule has 5 nitrogen and oxygen atoms in total. The molecule has 30 heavy (non-hydrogen) atoms. The highest BCUT2D eigenvalue weighted by Crippen LogP contribution is 2.37. The molecule has 1 aliphatic rings. The van der Waals surface area contributed by atoms with Crippen molar-refractivity contribution in [1.29, 1.82) is 0 Å². The monoisotopic (exact) mass is 418 g/mol. The Morgan fingerprint density at radius 1 is 0.967 bits per heavy atom. The number of morpholine rings is 1. The maximum Gasteiger partial charge on any atom is 0.150 e. The van der Waals surface area contributed by atoms with Crippen LogP contribution in [0.1, 0.15) is 13.8 Å². The van der Waals surface area contributed by atoms with Crippen LogP contribution in [-0.4, -0.2) is 39.8 Å². The van der Waals surface area contributed by atoms with Gasteiger partial charge in [-0.05, 0) is 37.6 Å². The van der Waals surface area contributed by atoms with Gasteiger partial charge in [-0.3, -0.25) is 0 Å². The van der Waals surface area contributed by atoms with Crippen LogP contribution in [-0.2, 0) is 4.74 Å². The molecule has 6 heteroatoms. The Bertz CT molecular complexity index is 1180. The molecule has 0 spiro atoms. The van der Waals surface area contributed by atoms with Gasteiger partial charge in [-0.1, -0.05) is 48.0 Å². The van der Waals surface area contributed by atoms with Crippen molar-refractivity contribution >= 4 is 28.5 Å². The van der Waals surface area contributed by atoms with Crippen molar-refractivity contribution in [3.63, 3.8) is 0 Å². The zero-order valence-corrected chi connectivity index (χ0v) is 17.8. The standard InChI is InChI=1S/C24H23ClN4O/c1-16-12-28(13-17(2)30-16)23-22-21(18-7-4-3-5-8-18)14-29(24(22)27-15-26-23)20-10-6-9-19(25)11-20/h3-11,14-17H,12-13H2,1-2H3/t16-,17+. The van der Waals surface area contributed by atoms with Crippen LogP contribution < -0.4 is 4.90 Å². The molecule has 2 atom stereocenters. The van der Waals surface area contributed by atoms with Gasteiger partial charge in [0.15, 0.2) is 5.65 Å². The molecule has 1 aliphatic heterocycles. The molecule has 3 heterocycles. The van der Waals surface area contributed by atoms with E-state index in [9.17, 15) is 0 Å². The van der Waals surface area contributed by atoms with E-state index in [1.54, 1.807) is 6.33 Å².